The minimum absolute atomic E-state index is 0.111. The summed E-state index contributed by atoms with van der Waals surface area (Å²) >= 11 is 1.71. The molecule has 0 bridgehead atoms. The van der Waals surface area contributed by atoms with Gasteiger partial charge in [0.15, 0.2) is 0 Å². The highest BCUT2D eigenvalue weighted by Crippen LogP contribution is 2.21. The molecule has 0 saturated heterocycles. The van der Waals surface area contributed by atoms with Gasteiger partial charge in [-0.15, -0.1) is 0 Å². The maximum absolute atomic E-state index is 11.9. The molecule has 0 saturated carbocycles. The standard InChI is InChI=1S/C15H23NOS/c1-4-6-10-18-11-14(17)16-15-12(3)8-7-9-13(15)5-2/h7-9H,4-6,10-11H2,1-3H3,(H,16,17). The number of para-hydroxylation sites is 1. The van der Waals surface area contributed by atoms with E-state index < -0.39 is 0 Å². The van der Waals surface area contributed by atoms with Crippen molar-refractivity contribution in [2.24, 2.45) is 0 Å². The molecule has 0 spiro atoms. The van der Waals surface area contributed by atoms with Crippen molar-refractivity contribution in [1.82, 2.24) is 0 Å². The first-order valence-corrected chi connectivity index (χ1v) is 7.80. The van der Waals surface area contributed by atoms with Gasteiger partial charge in [0, 0.05) is 5.69 Å². The molecule has 100 valence electrons. The monoisotopic (exact) mass is 265 g/mol. The second-order valence-corrected chi connectivity index (χ2v) is 5.52. The SMILES string of the molecule is CCCCSCC(=O)Nc1c(C)cccc1CC. The maximum Gasteiger partial charge on any atom is 0.234 e. The largest absolute Gasteiger partial charge is 0.325 e. The van der Waals surface area contributed by atoms with E-state index in [9.17, 15) is 4.79 Å². The van der Waals surface area contributed by atoms with Gasteiger partial charge in [-0.25, -0.2) is 0 Å². The van der Waals surface area contributed by atoms with E-state index in [1.54, 1.807) is 11.8 Å². The molecule has 0 aliphatic carbocycles. The molecule has 1 amide bonds. The van der Waals surface area contributed by atoms with Gasteiger partial charge in [0.2, 0.25) is 5.91 Å². The summed E-state index contributed by atoms with van der Waals surface area (Å²) in [5.74, 6) is 1.73. The smallest absolute Gasteiger partial charge is 0.234 e. The molecule has 3 heteroatoms. The zero-order valence-corrected chi connectivity index (χ0v) is 12.4. The van der Waals surface area contributed by atoms with E-state index in [0.717, 1.165) is 23.4 Å². The van der Waals surface area contributed by atoms with Gasteiger partial charge < -0.3 is 5.32 Å². The fourth-order valence-corrected chi connectivity index (χ4v) is 2.68. The zero-order valence-electron chi connectivity index (χ0n) is 11.6. The summed E-state index contributed by atoms with van der Waals surface area (Å²) in [6.07, 6.45) is 3.31. The molecule has 1 rings (SSSR count). The third-order valence-electron chi connectivity index (χ3n) is 2.88. The molecule has 0 fully saturated rings. The Bertz CT molecular complexity index is 390. The van der Waals surface area contributed by atoms with Crippen molar-refractivity contribution in [3.05, 3.63) is 29.3 Å². The van der Waals surface area contributed by atoms with Crippen molar-refractivity contribution in [2.45, 2.75) is 40.0 Å². The molecule has 0 atom stereocenters. The number of carbonyl (C=O) groups excluding carboxylic acids is 1. The van der Waals surface area contributed by atoms with Gasteiger partial charge in [-0.05, 0) is 36.6 Å². The highest BCUT2D eigenvalue weighted by Gasteiger charge is 2.08. The highest BCUT2D eigenvalue weighted by atomic mass is 32.2. The normalized spacial score (nSPS) is 10.4. The van der Waals surface area contributed by atoms with Crippen LogP contribution in [0.4, 0.5) is 5.69 Å². The number of benzene rings is 1. The number of rotatable bonds is 7. The fraction of sp³-hybridized carbons (Fsp3) is 0.533. The van der Waals surface area contributed by atoms with Crippen LogP contribution >= 0.6 is 11.8 Å². The van der Waals surface area contributed by atoms with Crippen LogP contribution in [0.15, 0.2) is 18.2 Å². The summed E-state index contributed by atoms with van der Waals surface area (Å²) in [4.78, 5) is 11.9. The van der Waals surface area contributed by atoms with Crippen LogP contribution in [0.2, 0.25) is 0 Å². The number of nitrogens with one attached hydrogen (secondary N) is 1. The number of unbranched alkanes of at least 4 members (excludes halogenated alkanes) is 1. The number of carbonyl (C=O) groups is 1. The Morgan fingerprint density at radius 3 is 2.78 bits per heavy atom. The molecule has 0 aliphatic rings. The first kappa shape index (κ1) is 15.1. The topological polar surface area (TPSA) is 29.1 Å². The van der Waals surface area contributed by atoms with Gasteiger partial charge in [0.1, 0.15) is 0 Å². The Hall–Kier alpha value is -0.960. The van der Waals surface area contributed by atoms with Crippen LogP contribution < -0.4 is 5.32 Å². The van der Waals surface area contributed by atoms with Crippen LogP contribution in [-0.2, 0) is 11.2 Å². The van der Waals surface area contributed by atoms with Crippen molar-refractivity contribution in [1.29, 1.82) is 0 Å². The number of anilines is 1. The summed E-state index contributed by atoms with van der Waals surface area (Å²) in [6, 6.07) is 6.16. The van der Waals surface area contributed by atoms with E-state index >= 15 is 0 Å². The van der Waals surface area contributed by atoms with Crippen molar-refractivity contribution in [3.63, 3.8) is 0 Å². The van der Waals surface area contributed by atoms with Crippen LogP contribution in [0.25, 0.3) is 0 Å². The van der Waals surface area contributed by atoms with Crippen molar-refractivity contribution in [2.75, 3.05) is 16.8 Å². The lowest BCUT2D eigenvalue weighted by atomic mass is 10.1. The summed E-state index contributed by atoms with van der Waals surface area (Å²) in [6.45, 7) is 6.32. The summed E-state index contributed by atoms with van der Waals surface area (Å²) in [5.41, 5.74) is 3.35. The van der Waals surface area contributed by atoms with E-state index in [1.165, 1.54) is 18.4 Å². The van der Waals surface area contributed by atoms with Crippen LogP contribution in [0, 0.1) is 6.92 Å². The average Bonchev–Trinajstić information content (AvgIpc) is 2.37. The van der Waals surface area contributed by atoms with Crippen molar-refractivity contribution >= 4 is 23.4 Å². The predicted molar refractivity (Wildman–Crippen MR) is 81.4 cm³/mol. The van der Waals surface area contributed by atoms with Gasteiger partial charge in [-0.3, -0.25) is 4.79 Å². The minimum atomic E-state index is 0.111. The van der Waals surface area contributed by atoms with Gasteiger partial charge >= 0.3 is 0 Å². The van der Waals surface area contributed by atoms with Crippen LogP contribution in [0.5, 0.6) is 0 Å². The van der Waals surface area contributed by atoms with Gasteiger partial charge in [-0.1, -0.05) is 38.5 Å². The molecule has 1 aromatic rings. The Kier molecular flexibility index (Phi) is 6.88. The lowest BCUT2D eigenvalue weighted by Gasteiger charge is -2.12. The second kappa shape index (κ2) is 8.20. The van der Waals surface area contributed by atoms with E-state index in [2.05, 4.69) is 25.2 Å². The molecule has 0 radical (unpaired) electrons. The van der Waals surface area contributed by atoms with Crippen molar-refractivity contribution < 1.29 is 4.79 Å². The molecule has 0 aromatic heterocycles. The summed E-state index contributed by atoms with van der Waals surface area (Å²) in [7, 11) is 0. The minimum Gasteiger partial charge on any atom is -0.325 e. The first-order chi connectivity index (χ1) is 8.69. The van der Waals surface area contributed by atoms with E-state index in [1.807, 2.05) is 19.1 Å². The third-order valence-corrected chi connectivity index (χ3v) is 3.92. The Morgan fingerprint density at radius 2 is 2.11 bits per heavy atom. The molecular weight excluding hydrogens is 242 g/mol. The molecule has 0 heterocycles. The first-order valence-electron chi connectivity index (χ1n) is 6.65. The lowest BCUT2D eigenvalue weighted by molar-refractivity contribution is -0.113. The van der Waals surface area contributed by atoms with Gasteiger partial charge in [0.05, 0.1) is 5.75 Å². The van der Waals surface area contributed by atoms with Crippen LogP contribution in [0.1, 0.15) is 37.8 Å². The molecule has 1 N–H and O–H groups in total. The maximum atomic E-state index is 11.9. The number of amides is 1. The van der Waals surface area contributed by atoms with Gasteiger partial charge in [0.25, 0.3) is 0 Å². The summed E-state index contributed by atoms with van der Waals surface area (Å²) in [5, 5.41) is 3.05. The molecule has 2 nitrogen and oxygen atoms in total. The predicted octanol–water partition coefficient (Wildman–Crippen LogP) is 4.03. The van der Waals surface area contributed by atoms with Crippen LogP contribution in [0.3, 0.4) is 0 Å². The van der Waals surface area contributed by atoms with Crippen LogP contribution in [-0.4, -0.2) is 17.4 Å². The average molecular weight is 265 g/mol. The molecule has 18 heavy (non-hydrogen) atoms. The molecule has 0 aliphatic heterocycles. The molecular formula is C15H23NOS. The number of aryl methyl sites for hydroxylation is 2. The Labute approximate surface area is 115 Å². The van der Waals surface area contributed by atoms with Crippen molar-refractivity contribution in [3.8, 4) is 0 Å². The number of thioether (sulfide) groups is 1. The Morgan fingerprint density at radius 1 is 1.33 bits per heavy atom. The highest BCUT2D eigenvalue weighted by molar-refractivity contribution is 7.99. The number of hydrogen-bond donors (Lipinski definition) is 1. The lowest BCUT2D eigenvalue weighted by Crippen LogP contribution is -2.16. The fourth-order valence-electron chi connectivity index (χ4n) is 1.79. The quantitative estimate of drug-likeness (QED) is 0.754. The molecule has 1 aromatic carbocycles. The summed E-state index contributed by atoms with van der Waals surface area (Å²) < 4.78 is 0. The van der Waals surface area contributed by atoms with E-state index in [0.29, 0.717) is 5.75 Å². The zero-order chi connectivity index (χ0) is 13.4. The van der Waals surface area contributed by atoms with E-state index in [4.69, 9.17) is 0 Å². The van der Waals surface area contributed by atoms with Gasteiger partial charge in [-0.2, -0.15) is 11.8 Å². The Balaban J connectivity index is 2.53. The second-order valence-electron chi connectivity index (χ2n) is 4.42. The third kappa shape index (κ3) is 4.73. The number of hydrogen-bond acceptors (Lipinski definition) is 2. The van der Waals surface area contributed by atoms with E-state index in [-0.39, 0.29) is 5.91 Å². The molecule has 0 unspecified atom stereocenters.